The molecule has 1 aliphatic rings. The summed E-state index contributed by atoms with van der Waals surface area (Å²) in [7, 11) is -6.16. The fraction of sp³-hybridized carbons (Fsp3) is 0.0154. The monoisotopic (exact) mass is 1030 g/mol. The van der Waals surface area contributed by atoms with E-state index >= 15 is 0 Å². The smallest absolute Gasteiger partial charge is 0.318 e. The van der Waals surface area contributed by atoms with E-state index in [4.69, 9.17) is 9.97 Å². The van der Waals surface area contributed by atoms with E-state index in [1.807, 2.05) is 24.5 Å². The fourth-order valence-electron chi connectivity index (χ4n) is 11.8. The third-order valence-corrected chi connectivity index (χ3v) is 24.1. The van der Waals surface area contributed by atoms with E-state index in [-0.39, 0.29) is 26.3 Å². The van der Waals surface area contributed by atoms with Crippen LogP contribution in [0, 0.1) is 12.1 Å². The Balaban J connectivity index is 0.00000517. The number of fused-ring (bicyclic) bond motifs is 6. The maximum absolute atomic E-state index is 5.30. The second-order valence-corrected chi connectivity index (χ2v) is 25.6. The average Bonchev–Trinajstić information content (AvgIpc) is 3.79. The summed E-state index contributed by atoms with van der Waals surface area (Å²) in [5.41, 5.74) is 8.82. The first-order chi connectivity index (χ1) is 34.8. The van der Waals surface area contributed by atoms with Crippen molar-refractivity contribution in [2.45, 2.75) is 5.92 Å². The van der Waals surface area contributed by atoms with Gasteiger partial charge in [0, 0.05) is 29.1 Å². The van der Waals surface area contributed by atoms with E-state index in [9.17, 15) is 0 Å². The van der Waals surface area contributed by atoms with Crippen LogP contribution in [0.15, 0.2) is 267 Å². The van der Waals surface area contributed by atoms with E-state index in [2.05, 4.69) is 259 Å². The molecule has 9 aromatic carbocycles. The topological polar surface area (TPSA) is 30.7 Å². The Morgan fingerprint density at radius 2 is 1.01 bits per heavy atom. The Kier molecular flexibility index (Phi) is 11.6. The zero-order chi connectivity index (χ0) is 46.5. The molecule has 0 radical (unpaired) electrons. The predicted octanol–water partition coefficient (Wildman–Crippen LogP) is 9.09. The van der Waals surface area contributed by atoms with Gasteiger partial charge in [0.2, 0.25) is 0 Å². The summed E-state index contributed by atoms with van der Waals surface area (Å²) in [6.07, 6.45) is 3.80. The quantitative estimate of drug-likeness (QED) is 0.0822. The van der Waals surface area contributed by atoms with Crippen molar-refractivity contribution < 1.29 is 20.4 Å². The summed E-state index contributed by atoms with van der Waals surface area (Å²) >= 11 is 0. The second-order valence-electron chi connectivity index (χ2n) is 18.2. The minimum absolute atomic E-state index is 0. The van der Waals surface area contributed by atoms with E-state index in [1.54, 1.807) is 0 Å². The van der Waals surface area contributed by atoms with Crippen LogP contribution in [0.4, 0.5) is 0 Å². The molecule has 0 aliphatic carbocycles. The first-order valence-electron chi connectivity index (χ1n) is 24.0. The standard InChI is InChI=1S/C65H45N3Si2.Pd/c1-6-23-47(24-7-1)62-58-37-16-17-40-60(58)70(52-31-12-4-13-32-52,53-33-14-5-15-34-53)61-42-41-56-57-38-22-44-67-65(57)68(64(56)63(61)62)49-26-21-36-55(46-49)69(50-27-8-2-9-28-50,51-29-10-3-11-30-51)54-35-20-25-48(45-54)59-39-18-19-43-66-59;/h1-44,62H;/q-2;+2. The van der Waals surface area contributed by atoms with Crippen molar-refractivity contribution in [3.63, 3.8) is 0 Å². The summed E-state index contributed by atoms with van der Waals surface area (Å²) in [6, 6.07) is 102. The minimum atomic E-state index is -3.16. The van der Waals surface area contributed by atoms with Gasteiger partial charge in [-0.05, 0) is 71.7 Å². The van der Waals surface area contributed by atoms with Gasteiger partial charge in [0.1, 0.15) is 13.7 Å². The molecule has 1 atom stereocenters. The molecule has 6 heteroatoms. The van der Waals surface area contributed by atoms with Gasteiger partial charge in [-0.2, -0.15) is 23.4 Å². The first kappa shape index (κ1) is 44.4. The number of hydrogen-bond acceptors (Lipinski definition) is 2. The molecule has 1 unspecified atom stereocenters. The van der Waals surface area contributed by atoms with Crippen LogP contribution in [0.3, 0.4) is 0 Å². The molecule has 0 bridgehead atoms. The number of aromatic nitrogens is 3. The number of rotatable bonds is 9. The Morgan fingerprint density at radius 3 is 1.68 bits per heavy atom. The van der Waals surface area contributed by atoms with Crippen LogP contribution in [-0.4, -0.2) is 30.7 Å². The maximum atomic E-state index is 5.30. The molecule has 0 saturated heterocycles. The van der Waals surface area contributed by atoms with Crippen LogP contribution in [0.2, 0.25) is 0 Å². The zero-order valence-corrected chi connectivity index (χ0v) is 42.2. The Labute approximate surface area is 430 Å². The van der Waals surface area contributed by atoms with Gasteiger partial charge < -0.3 is 9.55 Å². The molecule has 4 heterocycles. The molecular formula is C65H45N3PdSi2. The molecule has 71 heavy (non-hydrogen) atoms. The van der Waals surface area contributed by atoms with Crippen LogP contribution in [0.5, 0.6) is 0 Å². The van der Waals surface area contributed by atoms with Crippen LogP contribution >= 0.6 is 0 Å². The van der Waals surface area contributed by atoms with Crippen molar-refractivity contribution in [1.29, 1.82) is 0 Å². The van der Waals surface area contributed by atoms with E-state index < -0.39 is 16.1 Å². The zero-order valence-electron chi connectivity index (χ0n) is 38.6. The van der Waals surface area contributed by atoms with Gasteiger partial charge in [0.15, 0.2) is 8.07 Å². The van der Waals surface area contributed by atoms with Gasteiger partial charge >= 0.3 is 20.4 Å². The number of hydrogen-bond donors (Lipinski definition) is 0. The SMILES string of the molecule is [Pd+2].[c-]1c(-c2ccccn2)cccc1[Si](c1[c-]c(-n2c3ncccc3c3ccc4c(c32)C(c2ccccc2)c2ccccc2[Si]4(c2ccccc2)c2ccccc2)ccc1)(c1ccccc1)c1ccccc1. The minimum Gasteiger partial charge on any atom is -0.318 e. The third-order valence-electron chi connectivity index (χ3n) is 14.6. The van der Waals surface area contributed by atoms with Gasteiger partial charge in [-0.15, -0.1) is 41.1 Å². The molecule has 13 rings (SSSR count). The molecule has 0 saturated carbocycles. The van der Waals surface area contributed by atoms with Crippen molar-refractivity contribution in [3.05, 3.63) is 296 Å². The summed E-state index contributed by atoms with van der Waals surface area (Å²) in [5, 5.41) is 12.6. The van der Waals surface area contributed by atoms with Crippen LogP contribution in [0.25, 0.3) is 38.9 Å². The maximum Gasteiger partial charge on any atom is 2.00 e. The predicted molar refractivity (Wildman–Crippen MR) is 294 cm³/mol. The summed E-state index contributed by atoms with van der Waals surface area (Å²) in [4.78, 5) is 10.1. The van der Waals surface area contributed by atoms with Gasteiger partial charge in [0.05, 0.1) is 5.52 Å². The molecular weight excluding hydrogens is 985 g/mol. The molecule has 0 N–H and O–H groups in total. The number of benzene rings is 9. The first-order valence-corrected chi connectivity index (χ1v) is 28.0. The van der Waals surface area contributed by atoms with E-state index in [0.29, 0.717) is 0 Å². The molecule has 3 nitrogen and oxygen atoms in total. The van der Waals surface area contributed by atoms with Crippen molar-refractivity contribution in [1.82, 2.24) is 14.5 Å². The average molecular weight is 1030 g/mol. The van der Waals surface area contributed by atoms with Crippen molar-refractivity contribution in [2.75, 3.05) is 0 Å². The Bertz CT molecular complexity index is 3750. The van der Waals surface area contributed by atoms with Crippen LogP contribution in [-0.2, 0) is 20.4 Å². The largest absolute Gasteiger partial charge is 2.00 e. The number of nitrogens with zero attached hydrogens (tertiary/aromatic N) is 3. The summed E-state index contributed by atoms with van der Waals surface area (Å²) in [5.74, 6) is -0.0681. The van der Waals surface area contributed by atoms with Gasteiger partial charge in [-0.25, -0.2) is 4.98 Å². The fourth-order valence-corrected chi connectivity index (χ4v) is 21.7. The Morgan fingerprint density at radius 1 is 0.437 bits per heavy atom. The normalized spacial score (nSPS) is 13.8. The van der Waals surface area contributed by atoms with Crippen LogP contribution < -0.4 is 41.5 Å². The number of pyridine rings is 2. The summed E-state index contributed by atoms with van der Waals surface area (Å²) < 4.78 is 2.45. The molecule has 0 fully saturated rings. The van der Waals surface area contributed by atoms with Gasteiger partial charge in [-0.3, -0.25) is 0 Å². The Hall–Kier alpha value is -7.82. The van der Waals surface area contributed by atoms with Gasteiger partial charge in [0.25, 0.3) is 0 Å². The van der Waals surface area contributed by atoms with E-state index in [0.717, 1.165) is 38.4 Å². The van der Waals surface area contributed by atoms with Crippen molar-refractivity contribution >= 4 is 79.6 Å². The molecule has 3 aromatic heterocycles. The molecule has 0 amide bonds. The molecule has 338 valence electrons. The van der Waals surface area contributed by atoms with Gasteiger partial charge in [-0.1, -0.05) is 206 Å². The molecule has 1 aliphatic heterocycles. The van der Waals surface area contributed by atoms with Crippen LogP contribution in [0.1, 0.15) is 22.6 Å². The second kappa shape index (κ2) is 18.5. The van der Waals surface area contributed by atoms with Crippen molar-refractivity contribution in [2.24, 2.45) is 0 Å². The van der Waals surface area contributed by atoms with Crippen molar-refractivity contribution in [3.8, 4) is 16.9 Å². The van der Waals surface area contributed by atoms with E-state index in [1.165, 1.54) is 58.7 Å². The molecule has 0 spiro atoms. The molecule has 12 aromatic rings. The summed E-state index contributed by atoms with van der Waals surface area (Å²) in [6.45, 7) is 0. The third kappa shape index (κ3) is 7.01.